The van der Waals surface area contributed by atoms with Gasteiger partial charge < -0.3 is 49.7 Å². The minimum Gasteiger partial charge on any atom is -0.496 e. The van der Waals surface area contributed by atoms with Crippen molar-refractivity contribution in [3.63, 3.8) is 0 Å². The number of aliphatic carboxylic acids is 3. The molecule has 2 fully saturated rings. The Kier molecular flexibility index (Phi) is 24.0. The molecule has 1 aliphatic heterocycles. The first kappa shape index (κ1) is 60.7. The summed E-state index contributed by atoms with van der Waals surface area (Å²) >= 11 is 0. The molecule has 1 unspecified atom stereocenters. The summed E-state index contributed by atoms with van der Waals surface area (Å²) in [5, 5.41) is 36.8. The number of carboxylic acid groups (broad SMARTS) is 3. The Labute approximate surface area is 448 Å². The minimum atomic E-state index is -1.08. The molecule has 3 aromatic rings. The third kappa shape index (κ3) is 17.7. The molecule has 420 valence electrons. The summed E-state index contributed by atoms with van der Waals surface area (Å²) < 4.78 is 13.2. The Hall–Kier alpha value is -6.13. The maximum Gasteiger partial charge on any atom is 0.326 e. The van der Waals surface area contributed by atoms with Crippen LogP contribution >= 0.6 is 0 Å². The van der Waals surface area contributed by atoms with Crippen LogP contribution in [0.1, 0.15) is 98.0 Å². The van der Waals surface area contributed by atoms with Crippen LogP contribution in [0.3, 0.4) is 0 Å². The number of rotatable bonds is 25. The van der Waals surface area contributed by atoms with E-state index >= 15 is 0 Å². The van der Waals surface area contributed by atoms with Gasteiger partial charge in [0, 0.05) is 85.1 Å². The maximum atomic E-state index is 14.0. The molecule has 1 aliphatic carbocycles. The van der Waals surface area contributed by atoms with Crippen molar-refractivity contribution < 1.29 is 53.6 Å². The highest BCUT2D eigenvalue weighted by Crippen LogP contribution is 2.41. The van der Waals surface area contributed by atoms with Crippen LogP contribution in [0.4, 0.5) is 0 Å². The zero-order valence-electron chi connectivity index (χ0n) is 46.2. The molecular formula is C55H84N10O11. The number of carbonyl (C=O) groups is 6. The highest BCUT2D eigenvalue weighted by atomic mass is 16.5. The van der Waals surface area contributed by atoms with Gasteiger partial charge in [0.25, 0.3) is 11.8 Å². The third-order valence-corrected chi connectivity index (χ3v) is 14.7. The summed E-state index contributed by atoms with van der Waals surface area (Å²) in [5.74, 6) is -3.03. The van der Waals surface area contributed by atoms with Gasteiger partial charge in [0.15, 0.2) is 5.69 Å². The van der Waals surface area contributed by atoms with Crippen molar-refractivity contribution in [3.05, 3.63) is 59.3 Å². The van der Waals surface area contributed by atoms with Crippen LogP contribution in [0.25, 0.3) is 16.9 Å². The fraction of sp³-hybridized carbons (Fsp3) is 0.618. The van der Waals surface area contributed by atoms with Gasteiger partial charge in [-0.25, -0.2) is 9.48 Å². The summed E-state index contributed by atoms with van der Waals surface area (Å²) in [6.07, 6.45) is 5.77. The smallest absolute Gasteiger partial charge is 0.326 e. The van der Waals surface area contributed by atoms with Crippen molar-refractivity contribution in [3.8, 4) is 28.4 Å². The van der Waals surface area contributed by atoms with Gasteiger partial charge >= 0.3 is 17.9 Å². The van der Waals surface area contributed by atoms with Crippen LogP contribution in [0, 0.1) is 5.92 Å². The summed E-state index contributed by atoms with van der Waals surface area (Å²) in [5.41, 5.74) is 2.97. The average molecular weight is 1060 g/mol. The van der Waals surface area contributed by atoms with Crippen molar-refractivity contribution in [1.82, 2.24) is 49.4 Å². The molecule has 21 heteroatoms. The van der Waals surface area contributed by atoms with Crippen molar-refractivity contribution in [2.45, 2.75) is 77.7 Å². The SMILES string of the molecule is CCN1CCN(CC(=O)O)CCN(CC(=O)O)CCN(CC(=O)N(C)CCCN(C)CCCN(C)C(=O)c2ccc(-n3nc(C(=O)NC(C(=O)O)C4CCCCC4)cc3-c3c(OC)cccc3OC)c(C(C)C)c2)CC1. The molecule has 0 spiro atoms. The Balaban J connectivity index is 1.19. The van der Waals surface area contributed by atoms with E-state index < -0.39 is 29.9 Å². The van der Waals surface area contributed by atoms with Gasteiger partial charge in [-0.2, -0.15) is 5.10 Å². The zero-order chi connectivity index (χ0) is 55.5. The van der Waals surface area contributed by atoms with E-state index in [1.807, 2.05) is 42.8 Å². The summed E-state index contributed by atoms with van der Waals surface area (Å²) in [6.45, 7) is 13.7. The Morgan fingerprint density at radius 1 is 0.697 bits per heavy atom. The van der Waals surface area contributed by atoms with Gasteiger partial charge in [0.2, 0.25) is 5.91 Å². The fourth-order valence-corrected chi connectivity index (χ4v) is 10.1. The van der Waals surface area contributed by atoms with Gasteiger partial charge in [0.1, 0.15) is 17.5 Å². The molecule has 5 rings (SSSR count). The van der Waals surface area contributed by atoms with Crippen LogP contribution in [-0.4, -0.2) is 241 Å². The molecule has 1 aromatic heterocycles. The number of amides is 3. The van der Waals surface area contributed by atoms with Crippen LogP contribution in [-0.2, 0) is 19.2 Å². The number of likely N-dealkylation sites (N-methyl/N-ethyl adjacent to an activating group) is 2. The number of nitrogens with zero attached hydrogens (tertiary/aromatic N) is 9. The largest absolute Gasteiger partial charge is 0.496 e. The maximum absolute atomic E-state index is 14.0. The molecule has 0 bridgehead atoms. The Bertz CT molecular complexity index is 2390. The molecular weight excluding hydrogens is 977 g/mol. The number of hydrogen-bond acceptors (Lipinski definition) is 14. The van der Waals surface area contributed by atoms with Crippen molar-refractivity contribution >= 4 is 35.6 Å². The van der Waals surface area contributed by atoms with Crippen molar-refractivity contribution in [1.29, 1.82) is 0 Å². The van der Waals surface area contributed by atoms with E-state index in [2.05, 4.69) is 26.9 Å². The summed E-state index contributed by atoms with van der Waals surface area (Å²) in [7, 11) is 8.70. The monoisotopic (exact) mass is 1060 g/mol. The molecule has 2 heterocycles. The van der Waals surface area contributed by atoms with Crippen molar-refractivity contribution in [2.75, 3.05) is 140 Å². The van der Waals surface area contributed by atoms with Gasteiger partial charge in [-0.15, -0.1) is 0 Å². The number of benzene rings is 2. The first-order chi connectivity index (χ1) is 36.3. The molecule has 0 radical (unpaired) electrons. The average Bonchev–Trinajstić information content (AvgIpc) is 3.86. The van der Waals surface area contributed by atoms with E-state index in [1.165, 1.54) is 0 Å². The highest BCUT2D eigenvalue weighted by Gasteiger charge is 2.33. The molecule has 2 aromatic carbocycles. The highest BCUT2D eigenvalue weighted by molar-refractivity contribution is 5.97. The quantitative estimate of drug-likeness (QED) is 0.0936. The number of methoxy groups -OCH3 is 2. The van der Waals surface area contributed by atoms with Crippen LogP contribution in [0.2, 0.25) is 0 Å². The molecule has 4 N–H and O–H groups in total. The molecule has 2 aliphatic rings. The first-order valence-electron chi connectivity index (χ1n) is 26.8. The predicted molar refractivity (Wildman–Crippen MR) is 290 cm³/mol. The van der Waals surface area contributed by atoms with E-state index in [4.69, 9.17) is 14.6 Å². The second kappa shape index (κ2) is 30.0. The topological polar surface area (TPSA) is 234 Å². The normalized spacial score (nSPS) is 16.4. The van der Waals surface area contributed by atoms with Gasteiger partial charge in [-0.05, 0) is 106 Å². The lowest BCUT2D eigenvalue weighted by molar-refractivity contribution is -0.141. The number of ether oxygens (including phenoxy) is 2. The fourth-order valence-electron chi connectivity index (χ4n) is 10.1. The lowest BCUT2D eigenvalue weighted by atomic mass is 9.84. The van der Waals surface area contributed by atoms with Gasteiger partial charge in [0.05, 0.1) is 50.8 Å². The predicted octanol–water partition coefficient (Wildman–Crippen LogP) is 4.10. The van der Waals surface area contributed by atoms with Crippen molar-refractivity contribution in [2.24, 2.45) is 5.92 Å². The third-order valence-electron chi connectivity index (χ3n) is 14.7. The van der Waals surface area contributed by atoms with E-state index in [0.29, 0.717) is 106 Å². The lowest BCUT2D eigenvalue weighted by Gasteiger charge is -2.33. The Morgan fingerprint density at radius 3 is 1.72 bits per heavy atom. The van der Waals surface area contributed by atoms with E-state index in [0.717, 1.165) is 63.7 Å². The summed E-state index contributed by atoms with van der Waals surface area (Å²) in [4.78, 5) is 90.9. The molecule has 1 atom stereocenters. The molecule has 1 saturated carbocycles. The lowest BCUT2D eigenvalue weighted by Crippen LogP contribution is -2.49. The van der Waals surface area contributed by atoms with Crippen LogP contribution < -0.4 is 14.8 Å². The molecule has 3 amide bonds. The van der Waals surface area contributed by atoms with E-state index in [1.54, 1.807) is 73.1 Å². The zero-order valence-corrected chi connectivity index (χ0v) is 46.2. The molecule has 1 saturated heterocycles. The first-order valence-corrected chi connectivity index (χ1v) is 26.8. The number of aromatic nitrogens is 2. The van der Waals surface area contributed by atoms with E-state index in [9.17, 15) is 44.1 Å². The number of carboxylic acids is 3. The standard InChI is InChI=1S/C55H84N10O11/c1-9-61-26-28-62(30-31-64(38-50(69)70)33-32-63(29-27-61)37-49(67)68)36-48(66)59(5)24-14-22-58(4)23-15-25-60(6)54(72)41-20-21-44(42(34-41)39(2)3)65-45(51-46(75-7)18-13-19-47(51)76-8)35-43(57-65)53(71)56-52(55(73)74)40-16-11-10-12-17-40/h13,18-21,34-35,39-40,52H,9-12,14-17,22-33,36-38H2,1-8H3,(H,56,71)(H,67,68)(H,69,70)(H,73,74). The second-order valence-electron chi connectivity index (χ2n) is 20.6. The Morgan fingerprint density at radius 2 is 1.22 bits per heavy atom. The molecule has 76 heavy (non-hydrogen) atoms. The molecule has 21 nitrogen and oxygen atoms in total. The minimum absolute atomic E-state index is 0.0152. The summed E-state index contributed by atoms with van der Waals surface area (Å²) in [6, 6.07) is 11.4. The number of nitrogens with one attached hydrogen (secondary N) is 1. The second-order valence-corrected chi connectivity index (χ2v) is 20.6. The number of hydrogen-bond donors (Lipinski definition) is 4. The van der Waals surface area contributed by atoms with Crippen LogP contribution in [0.5, 0.6) is 11.5 Å². The number of carbonyl (C=O) groups excluding carboxylic acids is 3. The van der Waals surface area contributed by atoms with E-state index in [-0.39, 0.29) is 49.0 Å². The van der Waals surface area contributed by atoms with Gasteiger partial charge in [-0.1, -0.05) is 46.1 Å². The van der Waals surface area contributed by atoms with Crippen LogP contribution in [0.15, 0.2) is 42.5 Å². The van der Waals surface area contributed by atoms with Gasteiger partial charge in [-0.3, -0.25) is 38.7 Å².